The predicted octanol–water partition coefficient (Wildman–Crippen LogP) is 5.81. The van der Waals surface area contributed by atoms with Crippen molar-refractivity contribution >= 4 is 16.6 Å². The highest BCUT2D eigenvalue weighted by molar-refractivity contribution is 5.93. The van der Waals surface area contributed by atoms with Gasteiger partial charge >= 0.3 is 0 Å². The molecule has 3 nitrogen and oxygen atoms in total. The largest absolute Gasteiger partial charge is 0.372 e. The number of anilines is 1. The van der Waals surface area contributed by atoms with Crippen molar-refractivity contribution in [2.45, 2.75) is 13.8 Å². The molecule has 0 atom stereocenters. The molecule has 4 aromatic rings. The van der Waals surface area contributed by atoms with E-state index in [-0.39, 0.29) is 0 Å². The molecule has 0 saturated heterocycles. The number of nitrogens with zero attached hydrogens (tertiary/aromatic N) is 3. The zero-order valence-corrected chi connectivity index (χ0v) is 15.8. The second kappa shape index (κ2) is 7.58. The lowest BCUT2D eigenvalue weighted by Gasteiger charge is -2.21. The van der Waals surface area contributed by atoms with Gasteiger partial charge in [0.05, 0.1) is 11.2 Å². The third-order valence-electron chi connectivity index (χ3n) is 4.90. The van der Waals surface area contributed by atoms with Crippen LogP contribution >= 0.6 is 0 Å². The van der Waals surface area contributed by atoms with E-state index in [1.54, 1.807) is 0 Å². The summed E-state index contributed by atoms with van der Waals surface area (Å²) in [6.07, 6.45) is 0. The number of para-hydroxylation sites is 1. The van der Waals surface area contributed by atoms with E-state index in [0.29, 0.717) is 0 Å². The molecule has 0 radical (unpaired) electrons. The van der Waals surface area contributed by atoms with E-state index >= 15 is 0 Å². The summed E-state index contributed by atoms with van der Waals surface area (Å²) in [7, 11) is 0. The lowest BCUT2D eigenvalue weighted by Crippen LogP contribution is -2.21. The zero-order valence-electron chi connectivity index (χ0n) is 15.8. The molecule has 1 aromatic heterocycles. The molecule has 0 fully saturated rings. The van der Waals surface area contributed by atoms with Crippen LogP contribution in [0.25, 0.3) is 33.5 Å². The van der Waals surface area contributed by atoms with Crippen LogP contribution in [-0.4, -0.2) is 23.1 Å². The SMILES string of the molecule is CCN(CC)c1ccc(-c2nc(-c3ccccc3)c3ccccc3n2)cc1. The summed E-state index contributed by atoms with van der Waals surface area (Å²) in [6, 6.07) is 27.1. The molecule has 0 aliphatic rings. The van der Waals surface area contributed by atoms with Gasteiger partial charge in [0.25, 0.3) is 0 Å². The van der Waals surface area contributed by atoms with Gasteiger partial charge in [0.2, 0.25) is 0 Å². The van der Waals surface area contributed by atoms with Crippen LogP contribution in [0.3, 0.4) is 0 Å². The smallest absolute Gasteiger partial charge is 0.160 e. The molecule has 0 N–H and O–H groups in total. The first kappa shape index (κ1) is 17.2. The summed E-state index contributed by atoms with van der Waals surface area (Å²) in [5, 5.41) is 1.08. The van der Waals surface area contributed by atoms with Gasteiger partial charge in [0, 0.05) is 35.3 Å². The number of fused-ring (bicyclic) bond motifs is 1. The Morgan fingerprint density at radius 2 is 1.33 bits per heavy atom. The van der Waals surface area contributed by atoms with Crippen LogP contribution in [0.15, 0.2) is 78.9 Å². The van der Waals surface area contributed by atoms with Crippen molar-refractivity contribution in [2.24, 2.45) is 0 Å². The van der Waals surface area contributed by atoms with Crippen LogP contribution in [0.2, 0.25) is 0 Å². The summed E-state index contributed by atoms with van der Waals surface area (Å²) in [6.45, 7) is 6.35. The maximum Gasteiger partial charge on any atom is 0.160 e. The molecule has 3 heteroatoms. The van der Waals surface area contributed by atoms with E-state index in [1.165, 1.54) is 5.69 Å². The van der Waals surface area contributed by atoms with Crippen LogP contribution in [0, 0.1) is 0 Å². The molecule has 0 spiro atoms. The Morgan fingerprint density at radius 3 is 2.04 bits per heavy atom. The van der Waals surface area contributed by atoms with Crippen molar-refractivity contribution in [3.63, 3.8) is 0 Å². The average Bonchev–Trinajstić information content (AvgIpc) is 2.75. The van der Waals surface area contributed by atoms with E-state index in [1.807, 2.05) is 30.3 Å². The Labute approximate surface area is 160 Å². The minimum Gasteiger partial charge on any atom is -0.372 e. The summed E-state index contributed by atoms with van der Waals surface area (Å²) >= 11 is 0. The summed E-state index contributed by atoms with van der Waals surface area (Å²) in [5.41, 5.74) is 5.32. The first-order chi connectivity index (χ1) is 13.3. The summed E-state index contributed by atoms with van der Waals surface area (Å²) in [5.74, 6) is 0.763. The Bertz CT molecular complexity index is 1040. The van der Waals surface area contributed by atoms with E-state index in [0.717, 1.165) is 46.6 Å². The molecular weight excluding hydrogens is 330 g/mol. The van der Waals surface area contributed by atoms with E-state index in [9.17, 15) is 0 Å². The van der Waals surface area contributed by atoms with Crippen LogP contribution in [0.1, 0.15) is 13.8 Å². The normalized spacial score (nSPS) is 10.9. The minimum absolute atomic E-state index is 0.763. The molecule has 134 valence electrons. The Morgan fingerprint density at radius 1 is 0.667 bits per heavy atom. The van der Waals surface area contributed by atoms with Gasteiger partial charge in [-0.2, -0.15) is 0 Å². The molecule has 0 saturated carbocycles. The molecule has 3 aromatic carbocycles. The lowest BCUT2D eigenvalue weighted by molar-refractivity contribution is 0.866. The average molecular weight is 353 g/mol. The quantitative estimate of drug-likeness (QED) is 0.453. The second-order valence-electron chi connectivity index (χ2n) is 6.50. The number of aromatic nitrogens is 2. The first-order valence-electron chi connectivity index (χ1n) is 9.47. The number of hydrogen-bond acceptors (Lipinski definition) is 3. The third kappa shape index (κ3) is 3.41. The van der Waals surface area contributed by atoms with Crippen molar-refractivity contribution in [3.8, 4) is 22.6 Å². The standard InChI is InChI=1S/C24H23N3/c1-3-27(4-2)20-16-14-19(15-17-20)24-25-22-13-9-8-12-21(22)23(26-24)18-10-6-5-7-11-18/h5-17H,3-4H2,1-2H3. The van der Waals surface area contributed by atoms with Gasteiger partial charge in [-0.15, -0.1) is 0 Å². The molecule has 0 unspecified atom stereocenters. The minimum atomic E-state index is 0.763. The monoisotopic (exact) mass is 353 g/mol. The van der Waals surface area contributed by atoms with Crippen LogP contribution in [0.5, 0.6) is 0 Å². The fourth-order valence-electron chi connectivity index (χ4n) is 3.43. The van der Waals surface area contributed by atoms with Crippen molar-refractivity contribution in [2.75, 3.05) is 18.0 Å². The van der Waals surface area contributed by atoms with Crippen molar-refractivity contribution < 1.29 is 0 Å². The Hall–Kier alpha value is -3.20. The van der Waals surface area contributed by atoms with Gasteiger partial charge in [-0.3, -0.25) is 0 Å². The fraction of sp³-hybridized carbons (Fsp3) is 0.167. The molecule has 0 bridgehead atoms. The summed E-state index contributed by atoms with van der Waals surface area (Å²) in [4.78, 5) is 12.1. The molecule has 4 rings (SSSR count). The fourth-order valence-corrected chi connectivity index (χ4v) is 3.43. The van der Waals surface area contributed by atoms with Crippen LogP contribution < -0.4 is 4.90 Å². The lowest BCUT2D eigenvalue weighted by atomic mass is 10.1. The zero-order chi connectivity index (χ0) is 18.6. The number of rotatable bonds is 5. The van der Waals surface area contributed by atoms with Crippen LogP contribution in [0.4, 0.5) is 5.69 Å². The highest BCUT2D eigenvalue weighted by atomic mass is 15.1. The second-order valence-corrected chi connectivity index (χ2v) is 6.50. The first-order valence-corrected chi connectivity index (χ1v) is 9.47. The highest BCUT2D eigenvalue weighted by Gasteiger charge is 2.11. The molecule has 0 aliphatic heterocycles. The maximum absolute atomic E-state index is 4.93. The van der Waals surface area contributed by atoms with Gasteiger partial charge in [0.15, 0.2) is 5.82 Å². The molecule has 0 amide bonds. The molecule has 1 heterocycles. The highest BCUT2D eigenvalue weighted by Crippen LogP contribution is 2.29. The van der Waals surface area contributed by atoms with Gasteiger partial charge in [-0.25, -0.2) is 9.97 Å². The van der Waals surface area contributed by atoms with Gasteiger partial charge in [0.1, 0.15) is 0 Å². The number of hydrogen-bond donors (Lipinski definition) is 0. The van der Waals surface area contributed by atoms with E-state index in [4.69, 9.17) is 9.97 Å². The Balaban J connectivity index is 1.83. The van der Waals surface area contributed by atoms with E-state index < -0.39 is 0 Å². The van der Waals surface area contributed by atoms with Gasteiger partial charge < -0.3 is 4.90 Å². The molecular formula is C24H23N3. The topological polar surface area (TPSA) is 29.0 Å². The van der Waals surface area contributed by atoms with Crippen molar-refractivity contribution in [1.29, 1.82) is 0 Å². The molecule has 0 aliphatic carbocycles. The van der Waals surface area contributed by atoms with E-state index in [2.05, 4.69) is 67.3 Å². The Kier molecular flexibility index (Phi) is 4.84. The molecule has 27 heavy (non-hydrogen) atoms. The van der Waals surface area contributed by atoms with Crippen LogP contribution in [-0.2, 0) is 0 Å². The third-order valence-corrected chi connectivity index (χ3v) is 4.90. The maximum atomic E-state index is 4.93. The van der Waals surface area contributed by atoms with Crippen molar-refractivity contribution in [3.05, 3.63) is 78.9 Å². The van der Waals surface area contributed by atoms with Crippen molar-refractivity contribution in [1.82, 2.24) is 9.97 Å². The predicted molar refractivity (Wildman–Crippen MR) is 114 cm³/mol. The number of benzene rings is 3. The van der Waals surface area contributed by atoms with Gasteiger partial charge in [-0.05, 0) is 44.2 Å². The van der Waals surface area contributed by atoms with Gasteiger partial charge in [-0.1, -0.05) is 48.5 Å². The summed E-state index contributed by atoms with van der Waals surface area (Å²) < 4.78 is 0.